The first-order valence-corrected chi connectivity index (χ1v) is 10.1. The number of benzene rings is 1. The Bertz CT molecular complexity index is 720. The topological polar surface area (TPSA) is 52.2 Å². The smallest absolute Gasteiger partial charge is 0.230 e. The van der Waals surface area contributed by atoms with Gasteiger partial charge < -0.3 is 14.8 Å². The maximum Gasteiger partial charge on any atom is 0.230 e. The van der Waals surface area contributed by atoms with Crippen molar-refractivity contribution in [2.45, 2.75) is 52.5 Å². The molecule has 1 fully saturated rings. The molecule has 1 aromatic heterocycles. The minimum atomic E-state index is 0.184. The summed E-state index contributed by atoms with van der Waals surface area (Å²) >= 11 is 0. The van der Waals surface area contributed by atoms with Crippen LogP contribution in [0.4, 0.5) is 11.4 Å². The largest absolute Gasteiger partial charge is 0.369 e. The first kappa shape index (κ1) is 19.5. The number of H-pyrrole nitrogens is 1. The number of imidazole rings is 1. The Balaban J connectivity index is 1.80. The van der Waals surface area contributed by atoms with Gasteiger partial charge in [-0.1, -0.05) is 39.2 Å². The minimum Gasteiger partial charge on any atom is -0.369 e. The van der Waals surface area contributed by atoms with E-state index in [4.69, 9.17) is 0 Å². The van der Waals surface area contributed by atoms with Gasteiger partial charge in [-0.2, -0.15) is 0 Å². The molecule has 1 aliphatic carbocycles. The molecule has 1 saturated carbocycles. The van der Waals surface area contributed by atoms with E-state index < -0.39 is 0 Å². The number of aromatic nitrogens is 2. The molecule has 3 rings (SSSR count). The molecular weight excluding hydrogens is 336 g/mol. The molecule has 1 amide bonds. The third kappa shape index (κ3) is 5.12. The number of amides is 1. The Morgan fingerprint density at radius 2 is 1.96 bits per heavy atom. The van der Waals surface area contributed by atoms with Crippen LogP contribution in [0.25, 0.3) is 0 Å². The van der Waals surface area contributed by atoms with Crippen LogP contribution in [0, 0.1) is 11.8 Å². The van der Waals surface area contributed by atoms with Crippen LogP contribution in [0.1, 0.15) is 51.6 Å². The van der Waals surface area contributed by atoms with Gasteiger partial charge in [0.1, 0.15) is 0 Å². The van der Waals surface area contributed by atoms with Crippen molar-refractivity contribution in [1.29, 1.82) is 0 Å². The van der Waals surface area contributed by atoms with E-state index in [1.807, 2.05) is 11.1 Å². The van der Waals surface area contributed by atoms with Gasteiger partial charge in [0.15, 0.2) is 0 Å². The van der Waals surface area contributed by atoms with Crippen LogP contribution in [0.2, 0.25) is 0 Å². The molecule has 0 unspecified atom stereocenters. The van der Waals surface area contributed by atoms with Crippen LogP contribution in [0.5, 0.6) is 0 Å². The third-order valence-electron chi connectivity index (χ3n) is 5.31. The molecule has 146 valence electrons. The van der Waals surface area contributed by atoms with Gasteiger partial charge in [0.05, 0.1) is 18.6 Å². The number of anilines is 2. The van der Waals surface area contributed by atoms with Gasteiger partial charge in [-0.05, 0) is 37.0 Å². The first-order valence-electron chi connectivity index (χ1n) is 10.1. The fourth-order valence-electron chi connectivity index (χ4n) is 3.87. The van der Waals surface area contributed by atoms with E-state index >= 15 is 0 Å². The molecule has 1 aromatic carbocycles. The van der Waals surface area contributed by atoms with Gasteiger partial charge in [-0.15, -0.1) is 0 Å². The number of aromatic amines is 1. The van der Waals surface area contributed by atoms with E-state index in [1.54, 1.807) is 6.33 Å². The molecule has 1 N–H and O–H groups in total. The molecule has 5 heteroatoms. The second-order valence-corrected chi connectivity index (χ2v) is 8.13. The molecule has 5 nitrogen and oxygen atoms in total. The number of rotatable bonds is 7. The van der Waals surface area contributed by atoms with Crippen molar-refractivity contribution in [3.8, 4) is 0 Å². The first-order chi connectivity index (χ1) is 13.0. The minimum absolute atomic E-state index is 0.184. The molecule has 1 heterocycles. The number of hydrogen-bond acceptors (Lipinski definition) is 3. The average Bonchev–Trinajstić information content (AvgIpc) is 3.19. The summed E-state index contributed by atoms with van der Waals surface area (Å²) in [5, 5.41) is 0. The second kappa shape index (κ2) is 9.07. The van der Waals surface area contributed by atoms with Crippen molar-refractivity contribution in [2.75, 3.05) is 23.4 Å². The fraction of sp³-hybridized carbons (Fsp3) is 0.545. The van der Waals surface area contributed by atoms with E-state index in [2.05, 4.69) is 60.0 Å². The highest BCUT2D eigenvalue weighted by atomic mass is 16.2. The Kier molecular flexibility index (Phi) is 6.54. The van der Waals surface area contributed by atoms with E-state index in [-0.39, 0.29) is 5.92 Å². The molecule has 27 heavy (non-hydrogen) atoms. The fourth-order valence-corrected chi connectivity index (χ4v) is 3.87. The van der Waals surface area contributed by atoms with Crippen molar-refractivity contribution < 1.29 is 4.79 Å². The van der Waals surface area contributed by atoms with Crippen molar-refractivity contribution in [3.05, 3.63) is 42.5 Å². The molecule has 0 atom stereocenters. The van der Waals surface area contributed by atoms with Crippen LogP contribution in [0.15, 0.2) is 36.8 Å². The third-order valence-corrected chi connectivity index (χ3v) is 5.31. The Hall–Kier alpha value is -2.30. The summed E-state index contributed by atoms with van der Waals surface area (Å²) in [6.45, 7) is 5.87. The lowest BCUT2D eigenvalue weighted by atomic mass is 9.88. The lowest BCUT2D eigenvalue weighted by Gasteiger charge is -2.31. The highest BCUT2D eigenvalue weighted by Gasteiger charge is 2.27. The summed E-state index contributed by atoms with van der Waals surface area (Å²) in [5.74, 6) is 0.921. The zero-order valence-corrected chi connectivity index (χ0v) is 16.8. The van der Waals surface area contributed by atoms with E-state index in [9.17, 15) is 4.79 Å². The zero-order chi connectivity index (χ0) is 19.2. The second-order valence-electron chi connectivity index (χ2n) is 8.13. The molecule has 0 aliphatic heterocycles. The molecular formula is C22H32N4O. The quantitative estimate of drug-likeness (QED) is 0.776. The van der Waals surface area contributed by atoms with E-state index in [0.29, 0.717) is 11.8 Å². The van der Waals surface area contributed by atoms with Crippen LogP contribution in [0.3, 0.4) is 0 Å². The van der Waals surface area contributed by atoms with Gasteiger partial charge in [-0.25, -0.2) is 4.98 Å². The van der Waals surface area contributed by atoms with Gasteiger partial charge >= 0.3 is 0 Å². The van der Waals surface area contributed by atoms with Gasteiger partial charge in [0.25, 0.3) is 0 Å². The van der Waals surface area contributed by atoms with Crippen LogP contribution >= 0.6 is 0 Å². The number of nitrogens with one attached hydrogen (secondary N) is 1. The number of nitrogens with zero attached hydrogens (tertiary/aromatic N) is 3. The lowest BCUT2D eigenvalue weighted by Crippen LogP contribution is -2.39. The highest BCUT2D eigenvalue weighted by molar-refractivity contribution is 5.95. The normalized spacial score (nSPS) is 15.1. The average molecular weight is 369 g/mol. The Morgan fingerprint density at radius 1 is 1.22 bits per heavy atom. The summed E-state index contributed by atoms with van der Waals surface area (Å²) < 4.78 is 0. The monoisotopic (exact) mass is 368 g/mol. The zero-order valence-electron chi connectivity index (χ0n) is 16.8. The summed E-state index contributed by atoms with van der Waals surface area (Å²) in [5.41, 5.74) is 3.18. The van der Waals surface area contributed by atoms with Gasteiger partial charge in [0.2, 0.25) is 5.91 Å². The summed E-state index contributed by atoms with van der Waals surface area (Å²) in [4.78, 5) is 24.7. The van der Waals surface area contributed by atoms with Crippen molar-refractivity contribution in [3.63, 3.8) is 0 Å². The predicted molar refractivity (Wildman–Crippen MR) is 111 cm³/mol. The molecule has 0 saturated heterocycles. The van der Waals surface area contributed by atoms with Crippen molar-refractivity contribution in [1.82, 2.24) is 9.97 Å². The Morgan fingerprint density at radius 3 is 2.63 bits per heavy atom. The summed E-state index contributed by atoms with van der Waals surface area (Å²) in [7, 11) is 2.07. The van der Waals surface area contributed by atoms with Crippen LogP contribution in [-0.2, 0) is 11.3 Å². The Labute approximate surface area is 162 Å². The molecule has 0 radical (unpaired) electrons. The molecule has 1 aliphatic rings. The van der Waals surface area contributed by atoms with Crippen molar-refractivity contribution >= 4 is 17.3 Å². The maximum absolute atomic E-state index is 13.3. The lowest BCUT2D eigenvalue weighted by molar-refractivity contribution is -0.123. The van der Waals surface area contributed by atoms with Crippen LogP contribution in [-0.4, -0.2) is 29.5 Å². The predicted octanol–water partition coefficient (Wildman–Crippen LogP) is 4.62. The van der Waals surface area contributed by atoms with Crippen molar-refractivity contribution in [2.24, 2.45) is 11.8 Å². The molecule has 0 spiro atoms. The molecule has 2 aromatic rings. The van der Waals surface area contributed by atoms with Gasteiger partial charge in [-0.3, -0.25) is 4.79 Å². The SMILES string of the molecule is CC(C)CN(C(=O)C1CCCCC1)c1cccc(N(C)Cc2cnc[nH]2)c1. The van der Waals surface area contributed by atoms with E-state index in [1.165, 1.54) is 19.3 Å². The number of hydrogen-bond donors (Lipinski definition) is 1. The van der Waals surface area contributed by atoms with Gasteiger partial charge in [0, 0.05) is 37.1 Å². The standard InChI is InChI=1S/C22H32N4O/c1-17(2)14-26(22(27)18-8-5-4-6-9-18)21-11-7-10-20(12-21)25(3)15-19-13-23-16-24-19/h7,10-13,16-18H,4-6,8-9,14-15H2,1-3H3,(H,23,24). The van der Waals surface area contributed by atoms with Crippen LogP contribution < -0.4 is 9.80 Å². The summed E-state index contributed by atoms with van der Waals surface area (Å²) in [6.07, 6.45) is 9.24. The number of carbonyl (C=O) groups excluding carboxylic acids is 1. The maximum atomic E-state index is 13.3. The number of carbonyl (C=O) groups is 1. The molecule has 0 bridgehead atoms. The highest BCUT2D eigenvalue weighted by Crippen LogP contribution is 2.30. The summed E-state index contributed by atoms with van der Waals surface area (Å²) in [6, 6.07) is 8.35. The van der Waals surface area contributed by atoms with E-state index in [0.717, 1.165) is 43.0 Å².